The van der Waals surface area contributed by atoms with Crippen LogP contribution in [-0.4, -0.2) is 13.5 Å². The van der Waals surface area contributed by atoms with Crippen LogP contribution < -0.4 is 0 Å². The van der Waals surface area contributed by atoms with E-state index in [-0.39, 0.29) is 6.92 Å². The van der Waals surface area contributed by atoms with Gasteiger partial charge in [0.25, 0.3) is 6.92 Å². The fourth-order valence-corrected chi connectivity index (χ4v) is 3.20. The summed E-state index contributed by atoms with van der Waals surface area (Å²) in [4.78, 5) is 0. The van der Waals surface area contributed by atoms with E-state index in [0.717, 1.165) is 25.5 Å². The molecule has 0 bridgehead atoms. The Labute approximate surface area is 163 Å². The Balaban J connectivity index is 1.52. The van der Waals surface area contributed by atoms with Gasteiger partial charge in [0.1, 0.15) is 0 Å². The van der Waals surface area contributed by atoms with E-state index in [1.165, 1.54) is 16.7 Å². The molecule has 0 aromatic heterocycles. The van der Waals surface area contributed by atoms with Crippen LogP contribution in [0.4, 0.5) is 0 Å². The van der Waals surface area contributed by atoms with Gasteiger partial charge in [-0.1, -0.05) is 103 Å². The maximum absolute atomic E-state index is 6.22. The highest BCUT2D eigenvalue weighted by molar-refractivity contribution is 6.51. The molecule has 0 radical (unpaired) electrons. The van der Waals surface area contributed by atoms with E-state index < -0.39 is 0 Å². The van der Waals surface area contributed by atoms with E-state index in [2.05, 4.69) is 97.1 Å². The summed E-state index contributed by atoms with van der Waals surface area (Å²) in [6.45, 7) is 0.925. The third-order valence-electron chi connectivity index (χ3n) is 4.73. The minimum absolute atomic E-state index is 0.269. The molecule has 0 fully saturated rings. The molecule has 1 nitrogen and oxygen atoms in total. The molecule has 3 rings (SSSR count). The lowest BCUT2D eigenvalue weighted by molar-refractivity contribution is 0.364. The van der Waals surface area contributed by atoms with Gasteiger partial charge in [0, 0.05) is 6.61 Å². The van der Waals surface area contributed by atoms with Crippen LogP contribution in [0.3, 0.4) is 0 Å². The van der Waals surface area contributed by atoms with Crippen molar-refractivity contribution in [3.8, 4) is 0 Å². The molecule has 0 spiro atoms. The van der Waals surface area contributed by atoms with Crippen molar-refractivity contribution in [1.82, 2.24) is 0 Å². The van der Waals surface area contributed by atoms with Crippen molar-refractivity contribution in [2.45, 2.75) is 25.5 Å². The maximum Gasteiger partial charge on any atom is 0.294 e. The smallest absolute Gasteiger partial charge is 0.294 e. The average Bonchev–Trinajstić information content (AvgIpc) is 2.75. The Morgan fingerprint density at radius 1 is 0.630 bits per heavy atom. The molecule has 0 unspecified atom stereocenters. The fraction of sp³-hybridized carbons (Fsp3) is 0.200. The highest BCUT2D eigenvalue weighted by atomic mass is 16.4. The van der Waals surface area contributed by atoms with Gasteiger partial charge in [-0.05, 0) is 42.2 Å². The van der Waals surface area contributed by atoms with Crippen molar-refractivity contribution < 1.29 is 4.65 Å². The minimum Gasteiger partial charge on any atom is -0.432 e. The molecular weight excluding hydrogens is 327 g/mol. The molecule has 0 atom stereocenters. The normalized spacial score (nSPS) is 11.0. The molecule has 0 aliphatic carbocycles. The largest absolute Gasteiger partial charge is 0.432 e. The fourth-order valence-electron chi connectivity index (χ4n) is 3.20. The number of hydrogen-bond donors (Lipinski definition) is 0. The number of benzene rings is 3. The first-order valence-corrected chi connectivity index (χ1v) is 9.81. The van der Waals surface area contributed by atoms with Gasteiger partial charge in [-0.25, -0.2) is 0 Å². The molecule has 3 aromatic carbocycles. The zero-order valence-electron chi connectivity index (χ0n) is 15.8. The summed E-state index contributed by atoms with van der Waals surface area (Å²) in [7, 11) is 0. The Bertz CT molecular complexity index is 741. The first-order valence-electron chi connectivity index (χ1n) is 9.81. The van der Waals surface area contributed by atoms with Crippen molar-refractivity contribution in [2.24, 2.45) is 0 Å². The van der Waals surface area contributed by atoms with Crippen LogP contribution >= 0.6 is 0 Å². The Kier molecular flexibility index (Phi) is 7.96. The van der Waals surface area contributed by atoms with Crippen LogP contribution in [0, 0.1) is 0 Å². The van der Waals surface area contributed by atoms with Crippen LogP contribution in [0.5, 0.6) is 0 Å². The SMILES string of the molecule is C(=C\c1ccccc1)/COB(CCc1ccccc1)CCc1ccccc1. The van der Waals surface area contributed by atoms with Crippen LogP contribution in [-0.2, 0) is 17.5 Å². The standard InChI is InChI=1S/C25H27BO/c1-4-11-23(12-5-1)17-10-22-27-26(20-18-24-13-6-2-7-14-24)21-19-25-15-8-3-9-16-25/h1-17H,18-22H2/b17-10+. The predicted octanol–water partition coefficient (Wildman–Crippen LogP) is 6.19. The maximum atomic E-state index is 6.22. The molecule has 2 heteroatoms. The zero-order chi connectivity index (χ0) is 18.6. The summed E-state index contributed by atoms with van der Waals surface area (Å²) < 4.78 is 6.22. The van der Waals surface area contributed by atoms with E-state index in [0.29, 0.717) is 6.61 Å². The number of rotatable bonds is 10. The molecule has 0 N–H and O–H groups in total. The van der Waals surface area contributed by atoms with Crippen LogP contribution in [0.2, 0.25) is 12.6 Å². The van der Waals surface area contributed by atoms with Gasteiger partial charge in [-0.15, -0.1) is 0 Å². The van der Waals surface area contributed by atoms with Gasteiger partial charge in [0.15, 0.2) is 0 Å². The lowest BCUT2D eigenvalue weighted by Crippen LogP contribution is -2.20. The van der Waals surface area contributed by atoms with Crippen molar-refractivity contribution in [1.29, 1.82) is 0 Å². The second-order valence-corrected chi connectivity index (χ2v) is 6.82. The van der Waals surface area contributed by atoms with Crippen LogP contribution in [0.25, 0.3) is 6.08 Å². The average molecular weight is 354 g/mol. The summed E-state index contributed by atoms with van der Waals surface area (Å²) in [5.41, 5.74) is 3.97. The molecule has 0 heterocycles. The second kappa shape index (κ2) is 11.2. The van der Waals surface area contributed by atoms with E-state index >= 15 is 0 Å². The van der Waals surface area contributed by atoms with E-state index in [9.17, 15) is 0 Å². The van der Waals surface area contributed by atoms with Crippen molar-refractivity contribution >= 4 is 13.0 Å². The first-order chi connectivity index (χ1) is 13.4. The molecule has 0 amide bonds. The first kappa shape index (κ1) is 19.2. The quantitative estimate of drug-likeness (QED) is 0.394. The molecule has 3 aromatic rings. The zero-order valence-corrected chi connectivity index (χ0v) is 15.8. The summed E-state index contributed by atoms with van der Waals surface area (Å²) in [5, 5.41) is 0. The topological polar surface area (TPSA) is 9.23 Å². The van der Waals surface area contributed by atoms with Gasteiger partial charge < -0.3 is 4.65 Å². The monoisotopic (exact) mass is 354 g/mol. The Hall–Kier alpha value is -2.58. The molecule has 0 aliphatic rings. The molecule has 136 valence electrons. The third kappa shape index (κ3) is 7.28. The van der Waals surface area contributed by atoms with Gasteiger partial charge in [-0.2, -0.15) is 0 Å². The van der Waals surface area contributed by atoms with E-state index in [1.54, 1.807) is 0 Å². The van der Waals surface area contributed by atoms with Gasteiger partial charge >= 0.3 is 0 Å². The third-order valence-corrected chi connectivity index (χ3v) is 4.73. The molecule has 0 aliphatic heterocycles. The molecule has 0 saturated heterocycles. The summed E-state index contributed by atoms with van der Waals surface area (Å²) in [6, 6.07) is 31.7. The number of aryl methyl sites for hydroxylation is 2. The van der Waals surface area contributed by atoms with E-state index in [4.69, 9.17) is 4.65 Å². The molecule has 0 saturated carbocycles. The second-order valence-electron chi connectivity index (χ2n) is 6.82. The van der Waals surface area contributed by atoms with Crippen molar-refractivity contribution in [3.63, 3.8) is 0 Å². The molecular formula is C25H27BO. The van der Waals surface area contributed by atoms with Crippen LogP contribution in [0.1, 0.15) is 16.7 Å². The Morgan fingerprint density at radius 2 is 1.11 bits per heavy atom. The lowest BCUT2D eigenvalue weighted by atomic mass is 9.59. The minimum atomic E-state index is 0.269. The van der Waals surface area contributed by atoms with Crippen molar-refractivity contribution in [2.75, 3.05) is 6.61 Å². The van der Waals surface area contributed by atoms with Crippen molar-refractivity contribution in [3.05, 3.63) is 114 Å². The van der Waals surface area contributed by atoms with E-state index in [1.807, 2.05) is 6.07 Å². The highest BCUT2D eigenvalue weighted by Crippen LogP contribution is 2.13. The van der Waals surface area contributed by atoms with Gasteiger partial charge in [0.2, 0.25) is 0 Å². The summed E-state index contributed by atoms with van der Waals surface area (Å²) in [5.74, 6) is 0. The molecule has 27 heavy (non-hydrogen) atoms. The lowest BCUT2D eigenvalue weighted by Gasteiger charge is -2.14. The predicted molar refractivity (Wildman–Crippen MR) is 117 cm³/mol. The highest BCUT2D eigenvalue weighted by Gasteiger charge is 2.15. The summed E-state index contributed by atoms with van der Waals surface area (Å²) >= 11 is 0. The summed E-state index contributed by atoms with van der Waals surface area (Å²) in [6.07, 6.45) is 8.47. The number of hydrogen-bond acceptors (Lipinski definition) is 1. The van der Waals surface area contributed by atoms with Crippen LogP contribution in [0.15, 0.2) is 97.1 Å². The van der Waals surface area contributed by atoms with Gasteiger partial charge in [-0.3, -0.25) is 0 Å². The van der Waals surface area contributed by atoms with Gasteiger partial charge in [0.05, 0.1) is 0 Å². The Morgan fingerprint density at radius 3 is 1.63 bits per heavy atom.